The molecule has 3 aliphatic rings. The minimum absolute atomic E-state index is 0.0732. The number of benzene rings is 2. The Kier molecular flexibility index (Phi) is 6.94. The Morgan fingerprint density at radius 1 is 1.12 bits per heavy atom. The molecule has 1 unspecified atom stereocenters. The lowest BCUT2D eigenvalue weighted by molar-refractivity contribution is 0.0959. The van der Waals surface area contributed by atoms with Crippen molar-refractivity contribution in [2.45, 2.75) is 31.6 Å². The average molecular weight is 596 g/mol. The molecule has 1 amide bonds. The van der Waals surface area contributed by atoms with E-state index in [1.54, 1.807) is 30.8 Å². The summed E-state index contributed by atoms with van der Waals surface area (Å²) in [5.41, 5.74) is 3.69. The normalized spacial score (nSPS) is 19.6. The highest BCUT2D eigenvalue weighted by Crippen LogP contribution is 2.48. The van der Waals surface area contributed by atoms with Crippen molar-refractivity contribution < 1.29 is 13.9 Å². The highest BCUT2D eigenvalue weighted by atomic mass is 32.1. The van der Waals surface area contributed by atoms with Crippen LogP contribution in [0.3, 0.4) is 0 Å². The second kappa shape index (κ2) is 10.9. The first-order valence-electron chi connectivity index (χ1n) is 14.4. The number of carbonyl (C=O) groups excluding carboxylic acids is 1. The number of hydrogen-bond donors (Lipinski definition) is 1. The van der Waals surface area contributed by atoms with Gasteiger partial charge in [0.15, 0.2) is 16.7 Å². The Bertz CT molecular complexity index is 1750. The predicted molar refractivity (Wildman–Crippen MR) is 162 cm³/mol. The Morgan fingerprint density at radius 3 is 2.72 bits per heavy atom. The molecule has 1 atom stereocenters. The van der Waals surface area contributed by atoms with Gasteiger partial charge in [-0.15, -0.1) is 11.3 Å². The average Bonchev–Trinajstić information content (AvgIpc) is 3.41. The third-order valence-electron chi connectivity index (χ3n) is 8.71. The van der Waals surface area contributed by atoms with Gasteiger partial charge in [0.2, 0.25) is 0 Å². The van der Waals surface area contributed by atoms with Crippen LogP contribution in [0.25, 0.3) is 11.1 Å². The zero-order valence-corrected chi connectivity index (χ0v) is 24.5. The van der Waals surface area contributed by atoms with Gasteiger partial charge >= 0.3 is 0 Å². The minimum Gasteiger partial charge on any atom is -0.451 e. The monoisotopic (exact) mass is 595 g/mol. The van der Waals surface area contributed by atoms with Crippen LogP contribution in [-0.2, 0) is 0 Å². The van der Waals surface area contributed by atoms with Crippen molar-refractivity contribution in [3.05, 3.63) is 76.9 Å². The molecule has 1 spiro atoms. The van der Waals surface area contributed by atoms with Gasteiger partial charge in [0.1, 0.15) is 23.6 Å². The van der Waals surface area contributed by atoms with E-state index in [0.29, 0.717) is 40.1 Å². The zero-order chi connectivity index (χ0) is 29.6. The molecule has 1 saturated carbocycles. The summed E-state index contributed by atoms with van der Waals surface area (Å²) < 4.78 is 21.1. The Hall–Kier alpha value is -4.56. The van der Waals surface area contributed by atoms with Gasteiger partial charge in [0, 0.05) is 49.6 Å². The molecule has 11 heteroatoms. The van der Waals surface area contributed by atoms with E-state index in [0.717, 1.165) is 68.1 Å². The topological polar surface area (TPSA) is 107 Å². The maximum absolute atomic E-state index is 14.6. The van der Waals surface area contributed by atoms with Gasteiger partial charge in [-0.25, -0.2) is 19.3 Å². The molecule has 2 aromatic carbocycles. The van der Waals surface area contributed by atoms with Crippen molar-refractivity contribution in [3.63, 3.8) is 0 Å². The fourth-order valence-electron chi connectivity index (χ4n) is 6.34. The van der Waals surface area contributed by atoms with Crippen molar-refractivity contribution in [1.29, 1.82) is 5.26 Å². The number of nitrogens with zero attached hydrogens (tertiary/aromatic N) is 6. The van der Waals surface area contributed by atoms with Crippen LogP contribution in [0.2, 0.25) is 0 Å². The van der Waals surface area contributed by atoms with Crippen LogP contribution in [-0.4, -0.2) is 54.1 Å². The molecule has 3 fully saturated rings. The summed E-state index contributed by atoms with van der Waals surface area (Å²) in [6.45, 7) is 3.37. The Labute approximate surface area is 253 Å². The number of rotatable bonds is 7. The largest absolute Gasteiger partial charge is 0.451 e. The molecule has 218 valence electrons. The summed E-state index contributed by atoms with van der Waals surface area (Å²) in [7, 11) is 1.61. The molecular formula is C32H30FN7O2S. The standard InChI is InChI=1S/C32H30FN7O2S/c1-35-30(41)26-16-43-31(38-26)40-11-9-32(18-40)8-10-39(17-32)29-28(15-36-19-37-29)42-27-7-5-22(33)13-25(27)23-6-2-20(14-34)12-24(23)21-3-4-21/h2,5-7,12-13,15-16,19,21H,3-4,8-11,17-18H2,1H3,(H,35,41). The van der Waals surface area contributed by atoms with Crippen LogP contribution in [0.5, 0.6) is 11.5 Å². The lowest BCUT2D eigenvalue weighted by atomic mass is 9.86. The van der Waals surface area contributed by atoms with Gasteiger partial charge in [-0.2, -0.15) is 5.26 Å². The van der Waals surface area contributed by atoms with Crippen molar-refractivity contribution in [2.24, 2.45) is 5.41 Å². The minimum atomic E-state index is -0.354. The molecule has 0 bridgehead atoms. The van der Waals surface area contributed by atoms with Crippen molar-refractivity contribution in [2.75, 3.05) is 43.0 Å². The second-order valence-electron chi connectivity index (χ2n) is 11.6. The number of aromatic nitrogens is 3. The number of amides is 1. The number of nitrogens with one attached hydrogen (secondary N) is 1. The van der Waals surface area contributed by atoms with E-state index in [2.05, 4.69) is 36.1 Å². The second-order valence-corrected chi connectivity index (χ2v) is 12.4. The molecule has 0 radical (unpaired) electrons. The number of nitriles is 1. The number of ether oxygens (including phenoxy) is 1. The first-order chi connectivity index (χ1) is 20.9. The number of anilines is 2. The van der Waals surface area contributed by atoms with E-state index in [-0.39, 0.29) is 17.1 Å². The summed E-state index contributed by atoms with van der Waals surface area (Å²) in [5.74, 6) is 1.57. The fraction of sp³-hybridized carbons (Fsp3) is 0.344. The summed E-state index contributed by atoms with van der Waals surface area (Å²) in [6.07, 6.45) is 7.31. The van der Waals surface area contributed by atoms with Gasteiger partial charge in [0.25, 0.3) is 5.91 Å². The lowest BCUT2D eigenvalue weighted by Gasteiger charge is -2.26. The zero-order valence-electron chi connectivity index (χ0n) is 23.7. The number of hydrogen-bond acceptors (Lipinski definition) is 9. The maximum Gasteiger partial charge on any atom is 0.270 e. The lowest BCUT2D eigenvalue weighted by Crippen LogP contribution is -2.31. The van der Waals surface area contributed by atoms with E-state index in [1.165, 1.54) is 29.8 Å². The SMILES string of the molecule is CNC(=O)c1csc(N2CCC3(CCN(c4ncncc4Oc4ccc(F)cc4-c4ccc(C#N)cc4C4CC4)C3)C2)n1. The third kappa shape index (κ3) is 5.27. The number of halogens is 1. The predicted octanol–water partition coefficient (Wildman–Crippen LogP) is 5.75. The van der Waals surface area contributed by atoms with E-state index < -0.39 is 0 Å². The van der Waals surface area contributed by atoms with E-state index in [1.807, 2.05) is 12.1 Å². The number of carbonyl (C=O) groups is 1. The molecule has 2 aromatic heterocycles. The molecule has 1 N–H and O–H groups in total. The Balaban J connectivity index is 1.13. The van der Waals surface area contributed by atoms with Crippen LogP contribution < -0.4 is 19.9 Å². The summed E-state index contributed by atoms with van der Waals surface area (Å²) in [6, 6.07) is 12.4. The fourth-order valence-corrected chi connectivity index (χ4v) is 7.17. The molecule has 43 heavy (non-hydrogen) atoms. The van der Waals surface area contributed by atoms with E-state index >= 15 is 0 Å². The van der Waals surface area contributed by atoms with Crippen LogP contribution >= 0.6 is 11.3 Å². The molecule has 4 aromatic rings. The molecule has 4 heterocycles. The van der Waals surface area contributed by atoms with Gasteiger partial charge in [-0.05, 0) is 73.1 Å². The third-order valence-corrected chi connectivity index (χ3v) is 9.61. The molecule has 2 aliphatic heterocycles. The van der Waals surface area contributed by atoms with Crippen molar-refractivity contribution >= 4 is 28.2 Å². The van der Waals surface area contributed by atoms with Gasteiger partial charge in [-0.3, -0.25) is 4.79 Å². The van der Waals surface area contributed by atoms with Crippen LogP contribution in [0.15, 0.2) is 54.3 Å². The Morgan fingerprint density at radius 2 is 1.93 bits per heavy atom. The molecule has 9 nitrogen and oxygen atoms in total. The van der Waals surface area contributed by atoms with Crippen molar-refractivity contribution in [1.82, 2.24) is 20.3 Å². The first kappa shape index (κ1) is 27.3. The summed E-state index contributed by atoms with van der Waals surface area (Å²) in [4.78, 5) is 30.0. The van der Waals surface area contributed by atoms with E-state index in [4.69, 9.17) is 4.74 Å². The first-order valence-corrected chi connectivity index (χ1v) is 15.3. The summed E-state index contributed by atoms with van der Waals surface area (Å²) in [5, 5.41) is 14.8. The number of thiazole rings is 1. The highest BCUT2D eigenvalue weighted by Gasteiger charge is 2.45. The van der Waals surface area contributed by atoms with Gasteiger partial charge in [0.05, 0.1) is 17.8 Å². The smallest absolute Gasteiger partial charge is 0.270 e. The summed E-state index contributed by atoms with van der Waals surface area (Å²) >= 11 is 1.50. The van der Waals surface area contributed by atoms with Gasteiger partial charge in [-0.1, -0.05) is 6.07 Å². The quantitative estimate of drug-likeness (QED) is 0.288. The maximum atomic E-state index is 14.6. The van der Waals surface area contributed by atoms with Crippen LogP contribution in [0.4, 0.5) is 15.3 Å². The van der Waals surface area contributed by atoms with Crippen molar-refractivity contribution in [3.8, 4) is 28.7 Å². The van der Waals surface area contributed by atoms with E-state index in [9.17, 15) is 14.4 Å². The molecular weight excluding hydrogens is 565 g/mol. The molecule has 1 aliphatic carbocycles. The van der Waals surface area contributed by atoms with Crippen LogP contribution in [0.1, 0.15) is 53.2 Å². The molecule has 7 rings (SSSR count). The van der Waals surface area contributed by atoms with Crippen LogP contribution in [0, 0.1) is 22.6 Å². The highest BCUT2D eigenvalue weighted by molar-refractivity contribution is 7.13. The molecule has 2 saturated heterocycles. The van der Waals surface area contributed by atoms with Gasteiger partial charge < -0.3 is 19.9 Å².